The molecule has 2 aromatic rings. The minimum atomic E-state index is -3.69. The molecule has 0 bridgehead atoms. The van der Waals surface area contributed by atoms with E-state index in [-0.39, 0.29) is 4.90 Å². The van der Waals surface area contributed by atoms with Crippen molar-refractivity contribution in [3.63, 3.8) is 0 Å². The van der Waals surface area contributed by atoms with Gasteiger partial charge in [-0.25, -0.2) is 8.42 Å². The lowest BCUT2D eigenvalue weighted by Crippen LogP contribution is -2.52. The third-order valence-corrected chi connectivity index (χ3v) is 6.29. The first-order chi connectivity index (χ1) is 11.4. The number of nitrogens with one attached hydrogen (secondary N) is 1. The molecule has 0 unspecified atom stereocenters. The summed E-state index contributed by atoms with van der Waals surface area (Å²) < 4.78 is 24.8. The summed E-state index contributed by atoms with van der Waals surface area (Å²) in [4.78, 5) is 12.5. The summed E-state index contributed by atoms with van der Waals surface area (Å²) >= 11 is 5.77. The molecule has 3 rings (SSSR count). The lowest BCUT2D eigenvalue weighted by atomic mass is 9.72. The van der Waals surface area contributed by atoms with E-state index < -0.39 is 27.0 Å². The second-order valence-corrected chi connectivity index (χ2v) is 8.49. The van der Waals surface area contributed by atoms with E-state index in [9.17, 15) is 13.2 Å². The Morgan fingerprint density at radius 3 is 2.21 bits per heavy atom. The monoisotopic (exact) mass is 363 g/mol. The predicted molar refractivity (Wildman–Crippen MR) is 93.6 cm³/mol. The van der Waals surface area contributed by atoms with Gasteiger partial charge in [-0.05, 0) is 49.1 Å². The first kappa shape index (κ1) is 17.0. The van der Waals surface area contributed by atoms with Crippen molar-refractivity contribution in [1.29, 1.82) is 0 Å². The number of sulfone groups is 1. The molecule has 1 fully saturated rings. The SMILES string of the molecule is O=C(CS(=O)(=O)c1ccc(Cl)cc1)NC1(c2ccccc2)CCC1. The lowest BCUT2D eigenvalue weighted by Gasteiger charge is -2.43. The third-order valence-electron chi connectivity index (χ3n) is 4.41. The zero-order chi connectivity index (χ0) is 17.2. The van der Waals surface area contributed by atoms with Gasteiger partial charge in [-0.3, -0.25) is 4.79 Å². The van der Waals surface area contributed by atoms with Gasteiger partial charge in [0.2, 0.25) is 5.91 Å². The summed E-state index contributed by atoms with van der Waals surface area (Å²) in [5.74, 6) is -1.04. The molecule has 0 atom stereocenters. The van der Waals surface area contributed by atoms with E-state index in [1.165, 1.54) is 24.3 Å². The van der Waals surface area contributed by atoms with Crippen LogP contribution < -0.4 is 5.32 Å². The molecule has 6 heteroatoms. The summed E-state index contributed by atoms with van der Waals surface area (Å²) in [5.41, 5.74) is 0.585. The molecular weight excluding hydrogens is 346 g/mol. The second kappa shape index (κ2) is 6.57. The number of amides is 1. The van der Waals surface area contributed by atoms with E-state index in [2.05, 4.69) is 5.32 Å². The quantitative estimate of drug-likeness (QED) is 0.886. The highest BCUT2D eigenvalue weighted by Gasteiger charge is 2.40. The van der Waals surface area contributed by atoms with E-state index in [1.54, 1.807) is 0 Å². The molecular formula is C18H18ClNO3S. The molecule has 0 spiro atoms. The molecule has 1 aliphatic carbocycles. The van der Waals surface area contributed by atoms with Crippen LogP contribution in [0.15, 0.2) is 59.5 Å². The highest BCUT2D eigenvalue weighted by atomic mass is 35.5. The van der Waals surface area contributed by atoms with Gasteiger partial charge in [0.05, 0.1) is 10.4 Å². The van der Waals surface area contributed by atoms with Crippen LogP contribution in [0, 0.1) is 0 Å². The fraction of sp³-hybridized carbons (Fsp3) is 0.278. The molecule has 0 radical (unpaired) electrons. The fourth-order valence-electron chi connectivity index (χ4n) is 2.97. The second-order valence-electron chi connectivity index (χ2n) is 6.06. The maximum absolute atomic E-state index is 12.4. The Labute approximate surface area is 146 Å². The number of halogens is 1. The molecule has 1 N–H and O–H groups in total. The van der Waals surface area contributed by atoms with Crippen LogP contribution >= 0.6 is 11.6 Å². The van der Waals surface area contributed by atoms with Crippen LogP contribution in [0.3, 0.4) is 0 Å². The van der Waals surface area contributed by atoms with Gasteiger partial charge in [0, 0.05) is 5.02 Å². The van der Waals surface area contributed by atoms with Gasteiger partial charge in [0.1, 0.15) is 5.75 Å². The van der Waals surface area contributed by atoms with Gasteiger partial charge in [-0.1, -0.05) is 41.9 Å². The van der Waals surface area contributed by atoms with Crippen molar-refractivity contribution < 1.29 is 13.2 Å². The smallest absolute Gasteiger partial charge is 0.236 e. The highest BCUT2D eigenvalue weighted by molar-refractivity contribution is 7.92. The summed E-state index contributed by atoms with van der Waals surface area (Å²) in [6.45, 7) is 0. The van der Waals surface area contributed by atoms with Gasteiger partial charge >= 0.3 is 0 Å². The lowest BCUT2D eigenvalue weighted by molar-refractivity contribution is -0.121. The molecule has 1 amide bonds. The third kappa shape index (κ3) is 3.47. The number of rotatable bonds is 5. The van der Waals surface area contributed by atoms with Crippen LogP contribution in [-0.2, 0) is 20.2 Å². The summed E-state index contributed by atoms with van der Waals surface area (Å²) in [6.07, 6.45) is 2.66. The minimum absolute atomic E-state index is 0.101. The molecule has 1 saturated carbocycles. The molecule has 1 aliphatic rings. The summed E-state index contributed by atoms with van der Waals surface area (Å²) in [5, 5.41) is 3.39. The highest BCUT2D eigenvalue weighted by Crippen LogP contribution is 2.41. The normalized spacial score (nSPS) is 16.2. The van der Waals surface area contributed by atoms with Crippen molar-refractivity contribution in [2.45, 2.75) is 29.7 Å². The van der Waals surface area contributed by atoms with E-state index >= 15 is 0 Å². The Morgan fingerprint density at radius 1 is 1.04 bits per heavy atom. The maximum Gasteiger partial charge on any atom is 0.236 e. The number of carbonyl (C=O) groups excluding carboxylic acids is 1. The van der Waals surface area contributed by atoms with Gasteiger partial charge in [-0.15, -0.1) is 0 Å². The van der Waals surface area contributed by atoms with Gasteiger partial charge < -0.3 is 5.32 Å². The van der Waals surface area contributed by atoms with Crippen molar-refractivity contribution in [3.8, 4) is 0 Å². The zero-order valence-corrected chi connectivity index (χ0v) is 14.6. The van der Waals surface area contributed by atoms with Crippen molar-refractivity contribution >= 4 is 27.3 Å². The van der Waals surface area contributed by atoms with Crippen LogP contribution in [0.1, 0.15) is 24.8 Å². The van der Waals surface area contributed by atoms with Crippen molar-refractivity contribution in [2.24, 2.45) is 0 Å². The molecule has 4 nitrogen and oxygen atoms in total. The van der Waals surface area contributed by atoms with Crippen LogP contribution in [0.5, 0.6) is 0 Å². The number of hydrogen-bond donors (Lipinski definition) is 1. The standard InChI is InChI=1S/C18H18ClNO3S/c19-15-7-9-16(10-8-15)24(22,23)13-17(21)20-18(11-4-12-18)14-5-2-1-3-6-14/h1-3,5-10H,4,11-13H2,(H,20,21). The molecule has 0 aliphatic heterocycles. The van der Waals surface area contributed by atoms with Crippen LogP contribution in [-0.4, -0.2) is 20.1 Å². The maximum atomic E-state index is 12.4. The summed E-state index contributed by atoms with van der Waals surface area (Å²) in [6, 6.07) is 15.5. The number of carbonyl (C=O) groups is 1. The first-order valence-electron chi connectivity index (χ1n) is 7.76. The van der Waals surface area contributed by atoms with E-state index in [0.29, 0.717) is 5.02 Å². The van der Waals surface area contributed by atoms with Crippen molar-refractivity contribution in [2.75, 3.05) is 5.75 Å². The molecule has 2 aromatic carbocycles. The van der Waals surface area contributed by atoms with E-state index in [1.807, 2.05) is 30.3 Å². The van der Waals surface area contributed by atoms with E-state index in [4.69, 9.17) is 11.6 Å². The average molecular weight is 364 g/mol. The number of benzene rings is 2. The Hall–Kier alpha value is -1.85. The Bertz CT molecular complexity index is 828. The molecule has 0 heterocycles. The van der Waals surface area contributed by atoms with Crippen LogP contribution in [0.2, 0.25) is 5.02 Å². The molecule has 0 saturated heterocycles. The Kier molecular flexibility index (Phi) is 4.65. The average Bonchev–Trinajstić information content (AvgIpc) is 2.52. The summed E-state index contributed by atoms with van der Waals surface area (Å²) in [7, 11) is -3.69. The molecule has 126 valence electrons. The zero-order valence-electron chi connectivity index (χ0n) is 13.0. The topological polar surface area (TPSA) is 63.2 Å². The predicted octanol–water partition coefficient (Wildman–Crippen LogP) is 3.31. The first-order valence-corrected chi connectivity index (χ1v) is 9.79. The minimum Gasteiger partial charge on any atom is -0.346 e. The Morgan fingerprint density at radius 2 is 1.67 bits per heavy atom. The van der Waals surface area contributed by atoms with Gasteiger partial charge in [0.25, 0.3) is 0 Å². The number of hydrogen-bond acceptors (Lipinski definition) is 3. The van der Waals surface area contributed by atoms with E-state index in [0.717, 1.165) is 24.8 Å². The fourth-order valence-corrected chi connectivity index (χ4v) is 4.23. The largest absolute Gasteiger partial charge is 0.346 e. The Balaban J connectivity index is 1.74. The molecule has 0 aromatic heterocycles. The molecule has 24 heavy (non-hydrogen) atoms. The van der Waals surface area contributed by atoms with Crippen molar-refractivity contribution in [3.05, 3.63) is 65.2 Å². The van der Waals surface area contributed by atoms with Crippen LogP contribution in [0.25, 0.3) is 0 Å². The van der Waals surface area contributed by atoms with Gasteiger partial charge in [0.15, 0.2) is 9.84 Å². The van der Waals surface area contributed by atoms with Crippen LogP contribution in [0.4, 0.5) is 0 Å². The van der Waals surface area contributed by atoms with Gasteiger partial charge in [-0.2, -0.15) is 0 Å². The van der Waals surface area contributed by atoms with Crippen molar-refractivity contribution in [1.82, 2.24) is 5.32 Å².